The van der Waals surface area contributed by atoms with Gasteiger partial charge in [-0.15, -0.1) is 0 Å². The van der Waals surface area contributed by atoms with Crippen LogP contribution >= 0.6 is 0 Å². The molecule has 2 aliphatic heterocycles. The van der Waals surface area contributed by atoms with Crippen molar-refractivity contribution in [3.63, 3.8) is 0 Å². The second-order valence-electron chi connectivity index (χ2n) is 9.36. The van der Waals surface area contributed by atoms with Gasteiger partial charge in [-0.3, -0.25) is 14.5 Å². The Balaban J connectivity index is 1.81. The fourth-order valence-electron chi connectivity index (χ4n) is 4.66. The molecule has 178 valence electrons. The van der Waals surface area contributed by atoms with E-state index in [0.717, 1.165) is 62.1 Å². The van der Waals surface area contributed by atoms with Crippen molar-refractivity contribution in [2.24, 2.45) is 0 Å². The highest BCUT2D eigenvalue weighted by atomic mass is 16.5. The number of amides is 1. The Morgan fingerprint density at radius 2 is 1.97 bits per heavy atom. The number of rotatable bonds is 5. The molecule has 0 aliphatic carbocycles. The molecular formula is C25H39N3O4. The number of carbonyl (C=O) groups excluding carboxylic acids is 1. The van der Waals surface area contributed by atoms with Crippen molar-refractivity contribution in [1.82, 2.24) is 15.1 Å². The van der Waals surface area contributed by atoms with Crippen molar-refractivity contribution >= 4 is 11.9 Å². The number of hydrogen-bond acceptors (Lipinski definition) is 5. The Labute approximate surface area is 192 Å². The lowest BCUT2D eigenvalue weighted by atomic mass is 9.99. The highest BCUT2D eigenvalue weighted by Crippen LogP contribution is 2.27. The standard InChI is InChI=1S/C25H39N3O4/c1-19(2)27-13-10-22(11-14-27)28-17-21-16-20(7-9-25(30)31)6-8-23(21)32-15-5-3-4-12-26-24(29)18-28/h6,8,16,19,22H,3-5,7,9-15,17-18H2,1-2H3,(H,26,29)(H,30,31). The highest BCUT2D eigenvalue weighted by molar-refractivity contribution is 5.78. The van der Waals surface area contributed by atoms with Gasteiger partial charge in [0.05, 0.1) is 13.2 Å². The number of fused-ring (bicyclic) bond motifs is 1. The zero-order valence-electron chi connectivity index (χ0n) is 19.6. The van der Waals surface area contributed by atoms with Gasteiger partial charge in [0.1, 0.15) is 5.75 Å². The Kier molecular flexibility index (Phi) is 9.36. The second kappa shape index (κ2) is 12.2. The molecule has 0 atom stereocenters. The number of ether oxygens (including phenoxy) is 1. The summed E-state index contributed by atoms with van der Waals surface area (Å²) in [5.41, 5.74) is 2.05. The molecule has 0 aromatic heterocycles. The van der Waals surface area contributed by atoms with Crippen LogP contribution in [0.3, 0.4) is 0 Å². The number of hydrogen-bond donors (Lipinski definition) is 2. The van der Waals surface area contributed by atoms with Crippen LogP contribution in [0.15, 0.2) is 18.2 Å². The van der Waals surface area contributed by atoms with E-state index in [9.17, 15) is 9.59 Å². The van der Waals surface area contributed by atoms with Crippen LogP contribution in [0.4, 0.5) is 0 Å². The number of piperidine rings is 1. The SMILES string of the molecule is CC(C)N1CCC(N2CC(=O)NCCCCCOc3ccc(CCC(=O)O)cc3C2)CC1. The quantitative estimate of drug-likeness (QED) is 0.725. The van der Waals surface area contributed by atoms with Gasteiger partial charge in [-0.2, -0.15) is 0 Å². The lowest BCUT2D eigenvalue weighted by Crippen LogP contribution is -2.49. The number of aliphatic carboxylic acids is 1. The summed E-state index contributed by atoms with van der Waals surface area (Å²) in [7, 11) is 0. The minimum Gasteiger partial charge on any atom is -0.493 e. The van der Waals surface area contributed by atoms with Crippen molar-refractivity contribution in [3.8, 4) is 5.75 Å². The Hall–Kier alpha value is -2.12. The van der Waals surface area contributed by atoms with Gasteiger partial charge in [-0.05, 0) is 77.1 Å². The Bertz CT molecular complexity index is 760. The summed E-state index contributed by atoms with van der Waals surface area (Å²) in [6.45, 7) is 8.94. The molecule has 32 heavy (non-hydrogen) atoms. The first kappa shape index (κ1) is 24.5. The van der Waals surface area contributed by atoms with E-state index in [1.807, 2.05) is 12.1 Å². The Morgan fingerprint density at radius 3 is 2.69 bits per heavy atom. The van der Waals surface area contributed by atoms with Crippen LogP contribution < -0.4 is 10.1 Å². The number of likely N-dealkylation sites (tertiary alicyclic amines) is 1. The molecule has 0 saturated carbocycles. The van der Waals surface area contributed by atoms with Crippen molar-refractivity contribution in [1.29, 1.82) is 0 Å². The maximum atomic E-state index is 12.7. The van der Waals surface area contributed by atoms with Crippen molar-refractivity contribution in [2.75, 3.05) is 32.8 Å². The van der Waals surface area contributed by atoms with E-state index in [0.29, 0.717) is 44.7 Å². The smallest absolute Gasteiger partial charge is 0.303 e. The first-order chi connectivity index (χ1) is 15.4. The van der Waals surface area contributed by atoms with Gasteiger partial charge in [-0.25, -0.2) is 0 Å². The van der Waals surface area contributed by atoms with E-state index in [1.54, 1.807) is 0 Å². The summed E-state index contributed by atoms with van der Waals surface area (Å²) < 4.78 is 6.14. The molecule has 0 spiro atoms. The van der Waals surface area contributed by atoms with E-state index in [-0.39, 0.29) is 12.3 Å². The fourth-order valence-corrected chi connectivity index (χ4v) is 4.66. The van der Waals surface area contributed by atoms with Gasteiger partial charge < -0.3 is 20.1 Å². The lowest BCUT2D eigenvalue weighted by molar-refractivity contribution is -0.137. The summed E-state index contributed by atoms with van der Waals surface area (Å²) in [5.74, 6) is 0.147. The van der Waals surface area contributed by atoms with Gasteiger partial charge in [0, 0.05) is 37.2 Å². The number of nitrogens with zero attached hydrogens (tertiary/aromatic N) is 2. The van der Waals surface area contributed by atoms with Crippen LogP contribution in [-0.4, -0.2) is 71.7 Å². The van der Waals surface area contributed by atoms with E-state index < -0.39 is 5.97 Å². The molecule has 7 heteroatoms. The first-order valence-corrected chi connectivity index (χ1v) is 12.1. The number of carbonyl (C=O) groups is 2. The van der Waals surface area contributed by atoms with Crippen LogP contribution in [0.2, 0.25) is 0 Å². The number of carboxylic acids is 1. The van der Waals surface area contributed by atoms with Gasteiger partial charge in [-0.1, -0.05) is 12.1 Å². The third kappa shape index (κ3) is 7.48. The summed E-state index contributed by atoms with van der Waals surface area (Å²) in [4.78, 5) is 28.5. The van der Waals surface area contributed by atoms with Gasteiger partial charge in [0.25, 0.3) is 0 Å². The fraction of sp³-hybridized carbons (Fsp3) is 0.680. The van der Waals surface area contributed by atoms with Gasteiger partial charge >= 0.3 is 5.97 Å². The first-order valence-electron chi connectivity index (χ1n) is 12.1. The third-order valence-electron chi connectivity index (χ3n) is 6.62. The van der Waals surface area contributed by atoms with Crippen LogP contribution in [0.1, 0.15) is 63.5 Å². The topological polar surface area (TPSA) is 82.1 Å². The van der Waals surface area contributed by atoms with Crippen LogP contribution in [0.5, 0.6) is 5.75 Å². The summed E-state index contributed by atoms with van der Waals surface area (Å²) in [6, 6.07) is 6.91. The minimum atomic E-state index is -0.791. The zero-order chi connectivity index (χ0) is 22.9. The van der Waals surface area contributed by atoms with Crippen molar-refractivity contribution < 1.29 is 19.4 Å². The number of nitrogens with one attached hydrogen (secondary N) is 1. The highest BCUT2D eigenvalue weighted by Gasteiger charge is 2.28. The molecule has 7 nitrogen and oxygen atoms in total. The molecule has 2 heterocycles. The van der Waals surface area contributed by atoms with E-state index in [2.05, 4.69) is 35.0 Å². The maximum Gasteiger partial charge on any atom is 0.303 e. The Morgan fingerprint density at radius 1 is 1.19 bits per heavy atom. The molecule has 1 amide bonds. The molecular weight excluding hydrogens is 406 g/mol. The normalized spacial score (nSPS) is 20.4. The van der Waals surface area contributed by atoms with Crippen LogP contribution in [-0.2, 0) is 22.6 Å². The maximum absolute atomic E-state index is 12.7. The second-order valence-corrected chi connectivity index (χ2v) is 9.36. The third-order valence-corrected chi connectivity index (χ3v) is 6.62. The number of benzene rings is 1. The van der Waals surface area contributed by atoms with Crippen molar-refractivity contribution in [2.45, 2.75) is 77.4 Å². The predicted octanol–water partition coefficient (Wildman–Crippen LogP) is 3.06. The largest absolute Gasteiger partial charge is 0.493 e. The molecule has 0 radical (unpaired) electrons. The number of carboxylic acid groups (broad SMARTS) is 1. The van der Waals surface area contributed by atoms with Gasteiger partial charge in [0.2, 0.25) is 5.91 Å². The molecule has 1 aromatic rings. The molecule has 3 rings (SSSR count). The molecule has 1 aromatic carbocycles. The molecule has 0 bridgehead atoms. The summed E-state index contributed by atoms with van der Waals surface area (Å²) in [6.07, 6.45) is 5.62. The zero-order valence-corrected chi connectivity index (χ0v) is 19.6. The molecule has 1 saturated heterocycles. The molecule has 0 unspecified atom stereocenters. The lowest BCUT2D eigenvalue weighted by Gasteiger charge is -2.40. The van der Waals surface area contributed by atoms with E-state index >= 15 is 0 Å². The molecule has 2 N–H and O–H groups in total. The van der Waals surface area contributed by atoms with E-state index in [1.165, 1.54) is 0 Å². The molecule has 2 aliphatic rings. The number of aryl methyl sites for hydroxylation is 1. The summed E-state index contributed by atoms with van der Waals surface area (Å²) >= 11 is 0. The van der Waals surface area contributed by atoms with Gasteiger partial charge in [0.15, 0.2) is 0 Å². The summed E-state index contributed by atoms with van der Waals surface area (Å²) in [5, 5.41) is 12.2. The van der Waals surface area contributed by atoms with Crippen LogP contribution in [0.25, 0.3) is 0 Å². The average molecular weight is 446 g/mol. The predicted molar refractivity (Wildman–Crippen MR) is 125 cm³/mol. The monoisotopic (exact) mass is 445 g/mol. The van der Waals surface area contributed by atoms with E-state index in [4.69, 9.17) is 9.84 Å². The van der Waals surface area contributed by atoms with Crippen molar-refractivity contribution in [3.05, 3.63) is 29.3 Å². The van der Waals surface area contributed by atoms with Crippen LogP contribution in [0, 0.1) is 0 Å². The minimum absolute atomic E-state index is 0.0834. The molecule has 1 fully saturated rings. The average Bonchev–Trinajstić information content (AvgIpc) is 2.78.